The van der Waals surface area contributed by atoms with Crippen LogP contribution in [0.25, 0.3) is 10.9 Å². The van der Waals surface area contributed by atoms with Crippen LogP contribution in [0.4, 0.5) is 0 Å². The molecule has 90 valence electrons. The lowest BCUT2D eigenvalue weighted by molar-refractivity contribution is 0.477. The number of likely N-dealkylation sites (N-methyl/N-ethyl adjacent to an activating group) is 1. The topological polar surface area (TPSA) is 37.8 Å². The zero-order valence-electron chi connectivity index (χ0n) is 10.6. The molecule has 2 atom stereocenters. The molecule has 2 aromatic rings. The highest BCUT2D eigenvalue weighted by Gasteiger charge is 2.19. The number of fused-ring (bicyclic) bond motifs is 1. The van der Waals surface area contributed by atoms with Gasteiger partial charge < -0.3 is 5.32 Å². The molecule has 0 saturated heterocycles. The van der Waals surface area contributed by atoms with E-state index in [1.165, 1.54) is 5.39 Å². The summed E-state index contributed by atoms with van der Waals surface area (Å²) < 4.78 is 0. The van der Waals surface area contributed by atoms with Crippen molar-refractivity contribution in [1.29, 1.82) is 0 Å². The van der Waals surface area contributed by atoms with Crippen LogP contribution in [0, 0.1) is 0 Å². The van der Waals surface area contributed by atoms with Gasteiger partial charge in [-0.1, -0.05) is 25.1 Å². The van der Waals surface area contributed by atoms with Crippen LogP contribution in [0.5, 0.6) is 0 Å². The van der Waals surface area contributed by atoms with E-state index in [1.54, 1.807) is 6.33 Å². The largest absolute Gasteiger partial charge is 0.317 e. The minimum Gasteiger partial charge on any atom is -0.317 e. The zero-order valence-corrected chi connectivity index (χ0v) is 10.6. The predicted molar refractivity (Wildman–Crippen MR) is 71.1 cm³/mol. The second kappa shape index (κ2) is 5.23. The SMILES string of the molecule is CCC(c1ncnc2ccccc12)C(C)NC. The van der Waals surface area contributed by atoms with E-state index in [0.717, 1.165) is 17.6 Å². The van der Waals surface area contributed by atoms with E-state index in [9.17, 15) is 0 Å². The Labute approximate surface area is 102 Å². The maximum Gasteiger partial charge on any atom is 0.116 e. The molecule has 1 aromatic carbocycles. The molecule has 0 fully saturated rings. The van der Waals surface area contributed by atoms with Crippen LogP contribution in [0.2, 0.25) is 0 Å². The Bertz CT molecular complexity index is 490. The molecule has 0 amide bonds. The number of nitrogens with one attached hydrogen (secondary N) is 1. The van der Waals surface area contributed by atoms with Crippen molar-refractivity contribution in [2.24, 2.45) is 0 Å². The van der Waals surface area contributed by atoms with E-state index in [4.69, 9.17) is 0 Å². The maximum absolute atomic E-state index is 4.50. The third-order valence-electron chi connectivity index (χ3n) is 3.42. The van der Waals surface area contributed by atoms with Gasteiger partial charge >= 0.3 is 0 Å². The van der Waals surface area contributed by atoms with Crippen molar-refractivity contribution < 1.29 is 0 Å². The summed E-state index contributed by atoms with van der Waals surface area (Å²) in [7, 11) is 2.00. The first kappa shape index (κ1) is 12.0. The summed E-state index contributed by atoms with van der Waals surface area (Å²) in [5.74, 6) is 0.424. The number of hydrogen-bond acceptors (Lipinski definition) is 3. The molecule has 0 aliphatic carbocycles. The monoisotopic (exact) mass is 229 g/mol. The van der Waals surface area contributed by atoms with E-state index in [-0.39, 0.29) is 0 Å². The highest BCUT2D eigenvalue weighted by atomic mass is 14.9. The van der Waals surface area contributed by atoms with Gasteiger partial charge in [-0.3, -0.25) is 0 Å². The van der Waals surface area contributed by atoms with Crippen LogP contribution >= 0.6 is 0 Å². The summed E-state index contributed by atoms with van der Waals surface area (Å²) in [5.41, 5.74) is 2.18. The lowest BCUT2D eigenvalue weighted by atomic mass is 9.92. The van der Waals surface area contributed by atoms with Crippen LogP contribution < -0.4 is 5.32 Å². The number of rotatable bonds is 4. The maximum atomic E-state index is 4.50. The molecule has 1 N–H and O–H groups in total. The number of para-hydroxylation sites is 1. The van der Waals surface area contributed by atoms with Crippen molar-refractivity contribution in [3.05, 3.63) is 36.3 Å². The molecular weight excluding hydrogens is 210 g/mol. The minimum absolute atomic E-state index is 0.415. The van der Waals surface area contributed by atoms with Gasteiger partial charge in [-0.2, -0.15) is 0 Å². The Morgan fingerprint density at radius 3 is 2.71 bits per heavy atom. The number of hydrogen-bond donors (Lipinski definition) is 1. The Hall–Kier alpha value is -1.48. The lowest BCUT2D eigenvalue weighted by Gasteiger charge is -2.22. The van der Waals surface area contributed by atoms with Gasteiger partial charge in [0.25, 0.3) is 0 Å². The van der Waals surface area contributed by atoms with Crippen molar-refractivity contribution in [3.8, 4) is 0 Å². The summed E-state index contributed by atoms with van der Waals surface area (Å²) in [5, 5.41) is 4.49. The zero-order chi connectivity index (χ0) is 12.3. The molecular formula is C14H19N3. The highest BCUT2D eigenvalue weighted by molar-refractivity contribution is 5.81. The van der Waals surface area contributed by atoms with E-state index in [0.29, 0.717) is 12.0 Å². The molecule has 0 bridgehead atoms. The van der Waals surface area contributed by atoms with Gasteiger partial charge in [0.05, 0.1) is 11.2 Å². The number of nitrogens with zero attached hydrogens (tertiary/aromatic N) is 2. The predicted octanol–water partition coefficient (Wildman–Crippen LogP) is 2.73. The molecule has 1 heterocycles. The Morgan fingerprint density at radius 1 is 1.24 bits per heavy atom. The average molecular weight is 229 g/mol. The second-order valence-electron chi connectivity index (χ2n) is 4.37. The van der Waals surface area contributed by atoms with Gasteiger partial charge in [0.1, 0.15) is 6.33 Å². The van der Waals surface area contributed by atoms with Gasteiger partial charge in [0.15, 0.2) is 0 Å². The molecule has 2 unspecified atom stereocenters. The Kier molecular flexibility index (Phi) is 3.69. The first-order chi connectivity index (χ1) is 8.27. The summed E-state index contributed by atoms with van der Waals surface area (Å²) >= 11 is 0. The summed E-state index contributed by atoms with van der Waals surface area (Å²) in [4.78, 5) is 8.81. The van der Waals surface area contributed by atoms with Crippen LogP contribution in [0.1, 0.15) is 31.9 Å². The van der Waals surface area contributed by atoms with Crippen LogP contribution in [0.15, 0.2) is 30.6 Å². The van der Waals surface area contributed by atoms with Gasteiger partial charge in [0.2, 0.25) is 0 Å². The number of benzene rings is 1. The molecule has 2 rings (SSSR count). The lowest BCUT2D eigenvalue weighted by Crippen LogP contribution is -2.29. The first-order valence-corrected chi connectivity index (χ1v) is 6.14. The Balaban J connectivity index is 2.53. The highest BCUT2D eigenvalue weighted by Crippen LogP contribution is 2.27. The second-order valence-corrected chi connectivity index (χ2v) is 4.37. The van der Waals surface area contributed by atoms with Crippen molar-refractivity contribution >= 4 is 10.9 Å². The summed E-state index contributed by atoms with van der Waals surface area (Å²) in [6.45, 7) is 4.40. The summed E-state index contributed by atoms with van der Waals surface area (Å²) in [6, 6.07) is 8.62. The molecule has 0 aliphatic rings. The fourth-order valence-corrected chi connectivity index (χ4v) is 2.31. The standard InChI is InChI=1S/C14H19N3/c1-4-11(10(2)15-3)14-12-7-5-6-8-13(12)16-9-17-14/h5-11,15H,4H2,1-3H3. The third kappa shape index (κ3) is 2.29. The van der Waals surface area contributed by atoms with Gasteiger partial charge in [-0.25, -0.2) is 9.97 Å². The molecule has 1 aromatic heterocycles. The fourth-order valence-electron chi connectivity index (χ4n) is 2.31. The van der Waals surface area contributed by atoms with Crippen molar-refractivity contribution in [1.82, 2.24) is 15.3 Å². The van der Waals surface area contributed by atoms with E-state index in [1.807, 2.05) is 25.2 Å². The van der Waals surface area contributed by atoms with E-state index in [2.05, 4.69) is 35.2 Å². The number of aromatic nitrogens is 2. The average Bonchev–Trinajstić information content (AvgIpc) is 2.39. The molecule has 0 spiro atoms. The Morgan fingerprint density at radius 2 is 2.00 bits per heavy atom. The van der Waals surface area contributed by atoms with Crippen LogP contribution in [0.3, 0.4) is 0 Å². The van der Waals surface area contributed by atoms with Gasteiger partial charge in [-0.05, 0) is 26.5 Å². The smallest absolute Gasteiger partial charge is 0.116 e. The fraction of sp³-hybridized carbons (Fsp3) is 0.429. The first-order valence-electron chi connectivity index (χ1n) is 6.14. The summed E-state index contributed by atoms with van der Waals surface area (Å²) in [6.07, 6.45) is 2.74. The van der Waals surface area contributed by atoms with Crippen LogP contribution in [-0.2, 0) is 0 Å². The molecule has 0 aliphatic heterocycles. The van der Waals surface area contributed by atoms with Gasteiger partial charge in [0, 0.05) is 17.3 Å². The van der Waals surface area contributed by atoms with Crippen LogP contribution in [-0.4, -0.2) is 23.1 Å². The van der Waals surface area contributed by atoms with Crippen molar-refractivity contribution in [3.63, 3.8) is 0 Å². The van der Waals surface area contributed by atoms with E-state index >= 15 is 0 Å². The molecule has 17 heavy (non-hydrogen) atoms. The normalized spacial score (nSPS) is 14.8. The molecule has 0 saturated carbocycles. The quantitative estimate of drug-likeness (QED) is 0.876. The third-order valence-corrected chi connectivity index (χ3v) is 3.42. The van der Waals surface area contributed by atoms with Crippen molar-refractivity contribution in [2.75, 3.05) is 7.05 Å². The van der Waals surface area contributed by atoms with Gasteiger partial charge in [-0.15, -0.1) is 0 Å². The molecule has 3 heteroatoms. The molecule has 3 nitrogen and oxygen atoms in total. The molecule has 0 radical (unpaired) electrons. The van der Waals surface area contributed by atoms with E-state index < -0.39 is 0 Å². The minimum atomic E-state index is 0.415. The van der Waals surface area contributed by atoms with Crippen molar-refractivity contribution in [2.45, 2.75) is 32.2 Å².